The summed E-state index contributed by atoms with van der Waals surface area (Å²) in [5.74, 6) is -0.0285. The topological polar surface area (TPSA) is 43.9 Å². The molecule has 0 aromatic heterocycles. The van der Waals surface area contributed by atoms with Crippen LogP contribution in [0.2, 0.25) is 0 Å². The van der Waals surface area contributed by atoms with E-state index in [2.05, 4.69) is 4.90 Å². The molecule has 0 spiro atoms. The molecule has 3 rings (SSSR count). The Kier molecular flexibility index (Phi) is 3.35. The standard InChI is InChI=1S/C13H21N3O2/c17-12-3-4-13(18)16(12)15-9-5-11(6-10-15)14-7-1-2-8-14/h11H,1-10H2. The van der Waals surface area contributed by atoms with E-state index in [9.17, 15) is 9.59 Å². The molecule has 3 fully saturated rings. The Morgan fingerprint density at radius 3 is 1.94 bits per heavy atom. The van der Waals surface area contributed by atoms with Gasteiger partial charge in [0.05, 0.1) is 0 Å². The summed E-state index contributed by atoms with van der Waals surface area (Å²) in [4.78, 5) is 25.9. The van der Waals surface area contributed by atoms with Crippen molar-refractivity contribution in [2.24, 2.45) is 0 Å². The maximum Gasteiger partial charge on any atom is 0.244 e. The van der Waals surface area contributed by atoms with Gasteiger partial charge in [0.2, 0.25) is 11.8 Å². The molecule has 5 nitrogen and oxygen atoms in total. The van der Waals surface area contributed by atoms with Crippen molar-refractivity contribution in [3.63, 3.8) is 0 Å². The molecule has 3 aliphatic heterocycles. The number of hydrogen-bond donors (Lipinski definition) is 0. The Morgan fingerprint density at radius 1 is 0.833 bits per heavy atom. The van der Waals surface area contributed by atoms with Gasteiger partial charge in [-0.1, -0.05) is 0 Å². The zero-order valence-corrected chi connectivity index (χ0v) is 10.8. The molecule has 3 heterocycles. The van der Waals surface area contributed by atoms with Gasteiger partial charge in [-0.15, -0.1) is 0 Å². The third-order valence-corrected chi connectivity index (χ3v) is 4.41. The largest absolute Gasteiger partial charge is 0.300 e. The first-order valence-corrected chi connectivity index (χ1v) is 7.10. The van der Waals surface area contributed by atoms with Gasteiger partial charge < -0.3 is 4.90 Å². The highest BCUT2D eigenvalue weighted by molar-refractivity contribution is 6.01. The van der Waals surface area contributed by atoms with E-state index in [1.165, 1.54) is 30.9 Å². The minimum absolute atomic E-state index is 0.0142. The maximum absolute atomic E-state index is 11.7. The van der Waals surface area contributed by atoms with Crippen molar-refractivity contribution in [3.8, 4) is 0 Å². The van der Waals surface area contributed by atoms with Crippen molar-refractivity contribution < 1.29 is 9.59 Å². The van der Waals surface area contributed by atoms with E-state index in [4.69, 9.17) is 0 Å². The predicted molar refractivity (Wildman–Crippen MR) is 66.5 cm³/mol. The molecule has 0 bridgehead atoms. The molecule has 3 saturated heterocycles. The fraction of sp³-hybridized carbons (Fsp3) is 0.846. The summed E-state index contributed by atoms with van der Waals surface area (Å²) in [7, 11) is 0. The van der Waals surface area contributed by atoms with E-state index in [1.54, 1.807) is 0 Å². The Labute approximate surface area is 108 Å². The Balaban J connectivity index is 1.56. The average Bonchev–Trinajstić information content (AvgIpc) is 3.01. The van der Waals surface area contributed by atoms with Gasteiger partial charge in [0.15, 0.2) is 0 Å². The highest BCUT2D eigenvalue weighted by Crippen LogP contribution is 2.24. The maximum atomic E-state index is 11.7. The Bertz CT molecular complexity index is 328. The Morgan fingerprint density at radius 2 is 1.39 bits per heavy atom. The van der Waals surface area contributed by atoms with Crippen molar-refractivity contribution in [3.05, 3.63) is 0 Å². The highest BCUT2D eigenvalue weighted by atomic mass is 16.2. The van der Waals surface area contributed by atoms with Gasteiger partial charge in [0.25, 0.3) is 0 Å². The van der Waals surface area contributed by atoms with Gasteiger partial charge >= 0.3 is 0 Å². The average molecular weight is 251 g/mol. The third kappa shape index (κ3) is 2.17. The quantitative estimate of drug-likeness (QED) is 0.675. The van der Waals surface area contributed by atoms with E-state index >= 15 is 0 Å². The van der Waals surface area contributed by atoms with E-state index in [1.807, 2.05) is 5.01 Å². The second-order valence-corrected chi connectivity index (χ2v) is 5.53. The molecule has 5 heteroatoms. The lowest BCUT2D eigenvalue weighted by Crippen LogP contribution is -2.52. The van der Waals surface area contributed by atoms with Crippen LogP contribution < -0.4 is 0 Å². The van der Waals surface area contributed by atoms with Gasteiger partial charge in [0.1, 0.15) is 0 Å². The van der Waals surface area contributed by atoms with E-state index < -0.39 is 0 Å². The van der Waals surface area contributed by atoms with Crippen molar-refractivity contribution >= 4 is 11.8 Å². The summed E-state index contributed by atoms with van der Waals surface area (Å²) >= 11 is 0. The van der Waals surface area contributed by atoms with Crippen LogP contribution in [0.5, 0.6) is 0 Å². The summed E-state index contributed by atoms with van der Waals surface area (Å²) in [6, 6.07) is 0.663. The number of likely N-dealkylation sites (tertiary alicyclic amines) is 1. The summed E-state index contributed by atoms with van der Waals surface area (Å²) in [5, 5.41) is 3.37. The summed E-state index contributed by atoms with van der Waals surface area (Å²) < 4.78 is 0. The molecule has 2 amide bonds. The zero-order chi connectivity index (χ0) is 12.5. The van der Waals surface area contributed by atoms with Crippen molar-refractivity contribution in [2.45, 2.75) is 44.6 Å². The molecule has 100 valence electrons. The molecule has 18 heavy (non-hydrogen) atoms. The number of imide groups is 1. The molecule has 0 radical (unpaired) electrons. The molecule has 0 N–H and O–H groups in total. The summed E-state index contributed by atoms with van der Waals surface area (Å²) in [6.07, 6.45) is 5.59. The lowest BCUT2D eigenvalue weighted by atomic mass is 10.0. The summed E-state index contributed by atoms with van der Waals surface area (Å²) in [5.41, 5.74) is 0. The van der Waals surface area contributed by atoms with Crippen LogP contribution in [0.4, 0.5) is 0 Å². The predicted octanol–water partition coefficient (Wildman–Crippen LogP) is 0.611. The van der Waals surface area contributed by atoms with Crippen molar-refractivity contribution in [1.82, 2.24) is 14.9 Å². The van der Waals surface area contributed by atoms with E-state index in [0.717, 1.165) is 25.9 Å². The summed E-state index contributed by atoms with van der Waals surface area (Å²) in [6.45, 7) is 4.15. The number of rotatable bonds is 2. The van der Waals surface area contributed by atoms with Crippen LogP contribution in [0.3, 0.4) is 0 Å². The van der Waals surface area contributed by atoms with Gasteiger partial charge in [0, 0.05) is 32.0 Å². The van der Waals surface area contributed by atoms with Gasteiger partial charge in [-0.25, -0.2) is 10.0 Å². The monoisotopic (exact) mass is 251 g/mol. The molecule has 0 atom stereocenters. The van der Waals surface area contributed by atoms with Crippen LogP contribution in [-0.4, -0.2) is 59.0 Å². The number of hydrogen-bond acceptors (Lipinski definition) is 4. The zero-order valence-electron chi connectivity index (χ0n) is 10.8. The molecular formula is C13H21N3O2. The van der Waals surface area contributed by atoms with Crippen LogP contribution in [0.1, 0.15) is 38.5 Å². The first-order valence-electron chi connectivity index (χ1n) is 7.10. The molecule has 0 saturated carbocycles. The fourth-order valence-corrected chi connectivity index (χ4v) is 3.40. The minimum Gasteiger partial charge on any atom is -0.300 e. The van der Waals surface area contributed by atoms with Gasteiger partial charge in [-0.05, 0) is 38.8 Å². The molecule has 0 aromatic carbocycles. The van der Waals surface area contributed by atoms with Crippen LogP contribution in [0.15, 0.2) is 0 Å². The first kappa shape index (κ1) is 12.1. The fourth-order valence-electron chi connectivity index (χ4n) is 3.40. The number of carbonyl (C=O) groups excluding carboxylic acids is 2. The normalized spacial score (nSPS) is 28.6. The highest BCUT2D eigenvalue weighted by Gasteiger charge is 2.36. The molecule has 0 unspecified atom stereocenters. The minimum atomic E-state index is -0.0142. The van der Waals surface area contributed by atoms with Crippen molar-refractivity contribution in [2.75, 3.05) is 26.2 Å². The van der Waals surface area contributed by atoms with Gasteiger partial charge in [-0.2, -0.15) is 0 Å². The van der Waals surface area contributed by atoms with Crippen LogP contribution in [-0.2, 0) is 9.59 Å². The van der Waals surface area contributed by atoms with Gasteiger partial charge in [-0.3, -0.25) is 9.59 Å². The van der Waals surface area contributed by atoms with E-state index in [-0.39, 0.29) is 11.8 Å². The third-order valence-electron chi connectivity index (χ3n) is 4.41. The van der Waals surface area contributed by atoms with Crippen LogP contribution in [0.25, 0.3) is 0 Å². The Hall–Kier alpha value is -0.940. The molecular weight excluding hydrogens is 230 g/mol. The number of hydrazine groups is 1. The van der Waals surface area contributed by atoms with Crippen molar-refractivity contribution in [1.29, 1.82) is 0 Å². The lowest BCUT2D eigenvalue weighted by Gasteiger charge is -2.39. The number of piperidine rings is 1. The number of nitrogens with zero attached hydrogens (tertiary/aromatic N) is 3. The first-order chi connectivity index (χ1) is 8.75. The van der Waals surface area contributed by atoms with E-state index in [0.29, 0.717) is 18.9 Å². The molecule has 0 aromatic rings. The smallest absolute Gasteiger partial charge is 0.244 e. The van der Waals surface area contributed by atoms with Crippen LogP contribution >= 0.6 is 0 Å². The SMILES string of the molecule is O=C1CCC(=O)N1N1CCC(N2CCCC2)CC1. The number of carbonyl (C=O) groups is 2. The lowest BCUT2D eigenvalue weighted by molar-refractivity contribution is -0.159. The van der Waals surface area contributed by atoms with Crippen LogP contribution in [0, 0.1) is 0 Å². The number of amides is 2. The molecule has 0 aliphatic carbocycles. The molecule has 3 aliphatic rings. The second-order valence-electron chi connectivity index (χ2n) is 5.53. The second kappa shape index (κ2) is 4.97.